The Hall–Kier alpha value is -0.630. The van der Waals surface area contributed by atoms with Gasteiger partial charge in [0.2, 0.25) is 7.51 Å². The maximum absolute atomic E-state index is 6.24. The highest BCUT2D eigenvalue weighted by atomic mass is 31.2. The average Bonchev–Trinajstić information content (AvgIpc) is 2.54. The molecule has 0 aliphatic heterocycles. The highest BCUT2D eigenvalue weighted by Crippen LogP contribution is 2.55. The molecule has 126 valence electrons. The van der Waals surface area contributed by atoms with Gasteiger partial charge in [-0.25, -0.2) is 4.74 Å². The summed E-state index contributed by atoms with van der Waals surface area (Å²) in [5.74, 6) is 0. The zero-order chi connectivity index (χ0) is 16.1. The van der Waals surface area contributed by atoms with Gasteiger partial charge in [0.1, 0.15) is 0 Å². The molecule has 0 atom stereocenters. The fourth-order valence-corrected chi connectivity index (χ4v) is 4.58. The van der Waals surface area contributed by atoms with Crippen LogP contribution in [0.3, 0.4) is 0 Å². The summed E-state index contributed by atoms with van der Waals surface area (Å²) in [4.78, 5) is 0. The molecule has 0 aliphatic rings. The van der Waals surface area contributed by atoms with Crippen molar-refractivity contribution in [3.8, 4) is 0 Å². The molecule has 3 nitrogen and oxygen atoms in total. The molecule has 4 heteroatoms. The molecule has 0 aliphatic carbocycles. The molecule has 22 heavy (non-hydrogen) atoms. The first kappa shape index (κ1) is 19.4. The predicted octanol–water partition coefficient (Wildman–Crippen LogP) is 6.78. The first-order valence-corrected chi connectivity index (χ1v) is 10.5. The monoisotopic (exact) mass is 325 g/mol. The van der Waals surface area contributed by atoms with Crippen molar-refractivity contribution in [3.63, 3.8) is 0 Å². The predicted molar refractivity (Wildman–Crippen MR) is 96.9 cm³/mol. The smallest absolute Gasteiger partial charge is 0.217 e. The van der Waals surface area contributed by atoms with Gasteiger partial charge in [0.15, 0.2) is 0 Å². The van der Waals surface area contributed by atoms with Gasteiger partial charge in [-0.15, -0.1) is 0 Å². The van der Waals surface area contributed by atoms with Gasteiger partial charge < -0.3 is 9.05 Å². The van der Waals surface area contributed by atoms with Crippen LogP contribution in [0.15, 0.2) is 35.1 Å². The van der Waals surface area contributed by atoms with Crippen LogP contribution in [0.5, 0.6) is 0 Å². The fourth-order valence-electron chi connectivity index (χ4n) is 2.01. The van der Waals surface area contributed by atoms with Crippen LogP contribution in [0.1, 0.15) is 59.3 Å². The van der Waals surface area contributed by atoms with Crippen LogP contribution in [0.25, 0.3) is 0 Å². The van der Waals surface area contributed by atoms with Gasteiger partial charge in [-0.1, -0.05) is 58.2 Å². The Labute approximate surface area is 136 Å². The topological polar surface area (TPSA) is 30.8 Å². The molecule has 0 heterocycles. The summed E-state index contributed by atoms with van der Waals surface area (Å²) in [6.07, 6.45) is 7.56. The fraction of sp³-hybridized carbons (Fsp3) is 0.667. The van der Waals surface area contributed by atoms with E-state index in [4.69, 9.17) is 13.8 Å². The Morgan fingerprint density at radius 2 is 1.36 bits per heavy atom. The van der Waals surface area contributed by atoms with E-state index in [0.717, 1.165) is 63.6 Å². The van der Waals surface area contributed by atoms with E-state index in [0.29, 0.717) is 0 Å². The number of hydrogen-bond donors (Lipinski definition) is 0. The summed E-state index contributed by atoms with van der Waals surface area (Å²) in [5, 5.41) is 0. The molecule has 0 spiro atoms. The second-order valence-corrected chi connectivity index (χ2v) is 7.96. The second-order valence-electron chi connectivity index (χ2n) is 5.52. The van der Waals surface area contributed by atoms with Crippen LogP contribution < -0.4 is 0 Å². The molecule has 0 saturated heterocycles. The van der Waals surface area contributed by atoms with E-state index in [1.54, 1.807) is 0 Å². The molecule has 1 aromatic rings. The summed E-state index contributed by atoms with van der Waals surface area (Å²) in [6, 6.07) is 10.1. The molecule has 0 aromatic heterocycles. The summed E-state index contributed by atoms with van der Waals surface area (Å²) in [6.45, 7) is 8.06. The maximum atomic E-state index is 6.24. The van der Waals surface area contributed by atoms with Gasteiger partial charge >= 0.3 is 0 Å². The molecule has 0 radical (unpaired) electrons. The van der Waals surface area contributed by atoms with Crippen molar-refractivity contribution in [2.24, 2.45) is 4.74 Å². The number of rotatable bonds is 12. The minimum atomic E-state index is -2.17. The van der Waals surface area contributed by atoms with Crippen LogP contribution in [-0.2, 0) is 9.05 Å². The zero-order valence-corrected chi connectivity index (χ0v) is 15.4. The summed E-state index contributed by atoms with van der Waals surface area (Å²) in [5.41, 5.74) is 0.972. The lowest BCUT2D eigenvalue weighted by atomic mass is 10.3. The normalized spacial score (nSPS) is 11.6. The van der Waals surface area contributed by atoms with Gasteiger partial charge in [0.25, 0.3) is 0 Å². The van der Waals surface area contributed by atoms with Gasteiger partial charge in [0.05, 0.1) is 18.9 Å². The molecule has 0 N–H and O–H groups in total. The summed E-state index contributed by atoms with van der Waals surface area (Å²) in [7, 11) is -2.17. The molecular formula is C18H32NO2P. The third-order valence-corrected chi connectivity index (χ3v) is 5.99. The minimum Gasteiger partial charge on any atom is -0.324 e. The average molecular weight is 325 g/mol. The van der Waals surface area contributed by atoms with Crippen molar-refractivity contribution in [1.29, 1.82) is 0 Å². The van der Waals surface area contributed by atoms with Crippen LogP contribution in [0.4, 0.5) is 5.69 Å². The molecule has 0 unspecified atom stereocenters. The van der Waals surface area contributed by atoms with E-state index in [2.05, 4.69) is 20.8 Å². The minimum absolute atomic E-state index is 0.746. The standard InChI is InChI=1S/C18H32NO2P/c1-4-7-15-20-22(17-9-6-3,21-16-8-5-2)19-18-13-11-10-12-14-18/h10-14H,4-9,15-17H2,1-3H3. The maximum Gasteiger partial charge on any atom is 0.217 e. The third-order valence-electron chi connectivity index (χ3n) is 3.40. The quantitative estimate of drug-likeness (QED) is 0.313. The second kappa shape index (κ2) is 11.9. The van der Waals surface area contributed by atoms with Crippen LogP contribution >= 0.6 is 7.51 Å². The van der Waals surface area contributed by atoms with E-state index in [1.807, 2.05) is 30.3 Å². The van der Waals surface area contributed by atoms with Gasteiger partial charge in [-0.2, -0.15) is 0 Å². The highest BCUT2D eigenvalue weighted by molar-refractivity contribution is 7.56. The molecular weight excluding hydrogens is 293 g/mol. The third kappa shape index (κ3) is 7.58. The molecule has 0 amide bonds. The molecule has 0 fully saturated rings. The number of benzene rings is 1. The molecule has 1 aromatic carbocycles. The number of hydrogen-bond acceptors (Lipinski definition) is 3. The van der Waals surface area contributed by atoms with E-state index in [1.165, 1.54) is 0 Å². The Morgan fingerprint density at radius 3 is 1.86 bits per heavy atom. The van der Waals surface area contributed by atoms with Gasteiger partial charge in [-0.3, -0.25) is 0 Å². The van der Waals surface area contributed by atoms with Crippen LogP contribution in [0.2, 0.25) is 0 Å². The lowest BCUT2D eigenvalue weighted by molar-refractivity contribution is 0.233. The van der Waals surface area contributed by atoms with Crippen molar-refractivity contribution in [1.82, 2.24) is 0 Å². The number of nitrogens with zero attached hydrogens (tertiary/aromatic N) is 1. The Balaban J connectivity index is 2.96. The van der Waals surface area contributed by atoms with Crippen molar-refractivity contribution in [3.05, 3.63) is 30.3 Å². The van der Waals surface area contributed by atoms with E-state index in [-0.39, 0.29) is 0 Å². The SMILES string of the molecule is CCCCOP(CCCC)(=Nc1ccccc1)OCCCC. The molecule has 1 rings (SSSR count). The van der Waals surface area contributed by atoms with Gasteiger partial charge in [0, 0.05) is 6.16 Å². The Bertz CT molecular complexity index is 420. The largest absolute Gasteiger partial charge is 0.324 e. The first-order valence-electron chi connectivity index (χ1n) is 8.71. The summed E-state index contributed by atoms with van der Waals surface area (Å²) < 4.78 is 17.4. The lowest BCUT2D eigenvalue weighted by Crippen LogP contribution is -2.03. The van der Waals surface area contributed by atoms with Crippen molar-refractivity contribution >= 4 is 13.2 Å². The van der Waals surface area contributed by atoms with E-state index < -0.39 is 7.51 Å². The van der Waals surface area contributed by atoms with E-state index in [9.17, 15) is 0 Å². The van der Waals surface area contributed by atoms with Crippen LogP contribution in [0, 0.1) is 0 Å². The number of unbranched alkanes of at least 4 members (excludes halogenated alkanes) is 3. The van der Waals surface area contributed by atoms with Gasteiger partial charge in [-0.05, 0) is 31.4 Å². The zero-order valence-electron chi connectivity index (χ0n) is 14.5. The Morgan fingerprint density at radius 1 is 0.818 bits per heavy atom. The lowest BCUT2D eigenvalue weighted by Gasteiger charge is -2.24. The Kier molecular flexibility index (Phi) is 10.5. The van der Waals surface area contributed by atoms with E-state index >= 15 is 0 Å². The van der Waals surface area contributed by atoms with Crippen molar-refractivity contribution in [2.75, 3.05) is 19.4 Å². The first-order chi connectivity index (χ1) is 10.8. The van der Waals surface area contributed by atoms with Crippen molar-refractivity contribution < 1.29 is 9.05 Å². The van der Waals surface area contributed by atoms with Crippen LogP contribution in [-0.4, -0.2) is 19.4 Å². The van der Waals surface area contributed by atoms with Crippen molar-refractivity contribution in [2.45, 2.75) is 59.3 Å². The highest BCUT2D eigenvalue weighted by Gasteiger charge is 2.21. The molecule has 0 saturated carbocycles. The molecule has 0 bridgehead atoms. The summed E-state index contributed by atoms with van der Waals surface area (Å²) >= 11 is 0.